The summed E-state index contributed by atoms with van der Waals surface area (Å²) in [5.74, 6) is 0.172. The fourth-order valence-corrected chi connectivity index (χ4v) is 4.92. The van der Waals surface area contributed by atoms with E-state index in [-0.39, 0.29) is 22.3 Å². The highest BCUT2D eigenvalue weighted by atomic mass is 32.2. The Kier molecular flexibility index (Phi) is 6.45. The standard InChI is InChI=1S/C19H24N4O4S2/c1-3-16-12(2)22-19-23(18(16)25)10-14(11-28-19)17(24)21-9-8-13-4-6-15(7-5-13)29(20,26)27/h4-7,14H,3,8-11H2,1-2H3,(H,21,24)(H2,20,26,27)/t14-/m1/s1. The third-order valence-corrected chi connectivity index (χ3v) is 7.01. The number of hydrogen-bond acceptors (Lipinski definition) is 6. The maximum atomic E-state index is 12.7. The third-order valence-electron chi connectivity index (χ3n) is 4.94. The van der Waals surface area contributed by atoms with Gasteiger partial charge in [-0.1, -0.05) is 30.8 Å². The van der Waals surface area contributed by atoms with Gasteiger partial charge in [-0.3, -0.25) is 14.2 Å². The van der Waals surface area contributed by atoms with E-state index in [4.69, 9.17) is 5.14 Å². The first-order chi connectivity index (χ1) is 13.7. The summed E-state index contributed by atoms with van der Waals surface area (Å²) in [6, 6.07) is 6.26. The monoisotopic (exact) mass is 436 g/mol. The average Bonchev–Trinajstić information content (AvgIpc) is 2.67. The SMILES string of the molecule is CCc1c(C)nc2n(c1=O)C[C@@H](C(=O)NCCc1ccc(S(N)(=O)=O)cc1)CS2. The van der Waals surface area contributed by atoms with Gasteiger partial charge in [-0.05, 0) is 37.5 Å². The molecule has 0 saturated heterocycles. The van der Waals surface area contributed by atoms with Gasteiger partial charge >= 0.3 is 0 Å². The van der Waals surface area contributed by atoms with E-state index in [9.17, 15) is 18.0 Å². The number of fused-ring (bicyclic) bond motifs is 1. The van der Waals surface area contributed by atoms with Gasteiger partial charge in [0.25, 0.3) is 5.56 Å². The lowest BCUT2D eigenvalue weighted by Gasteiger charge is -2.25. The van der Waals surface area contributed by atoms with Crippen molar-refractivity contribution in [2.75, 3.05) is 12.3 Å². The first-order valence-electron chi connectivity index (χ1n) is 9.33. The van der Waals surface area contributed by atoms with Gasteiger partial charge in [0.2, 0.25) is 15.9 Å². The zero-order valence-electron chi connectivity index (χ0n) is 16.3. The van der Waals surface area contributed by atoms with Crippen molar-refractivity contribution in [2.45, 2.75) is 43.3 Å². The van der Waals surface area contributed by atoms with E-state index in [0.29, 0.717) is 42.4 Å². The van der Waals surface area contributed by atoms with Crippen molar-refractivity contribution in [2.24, 2.45) is 11.1 Å². The molecule has 3 rings (SSSR count). The van der Waals surface area contributed by atoms with Crippen LogP contribution in [-0.2, 0) is 34.2 Å². The first kappa shape index (κ1) is 21.5. The lowest BCUT2D eigenvalue weighted by molar-refractivity contribution is -0.124. The number of hydrogen-bond donors (Lipinski definition) is 2. The summed E-state index contributed by atoms with van der Waals surface area (Å²) < 4.78 is 24.2. The molecule has 0 aliphatic carbocycles. The number of carbonyl (C=O) groups is 1. The van der Waals surface area contributed by atoms with Crippen LogP contribution in [0.3, 0.4) is 0 Å². The predicted octanol–water partition coefficient (Wildman–Crippen LogP) is 0.842. The molecule has 1 atom stereocenters. The molecule has 0 bridgehead atoms. The molecular weight excluding hydrogens is 412 g/mol. The van der Waals surface area contributed by atoms with Crippen LogP contribution in [-0.4, -0.2) is 36.2 Å². The van der Waals surface area contributed by atoms with Crippen molar-refractivity contribution in [3.8, 4) is 0 Å². The summed E-state index contributed by atoms with van der Waals surface area (Å²) in [6.07, 6.45) is 1.18. The van der Waals surface area contributed by atoms with Gasteiger partial charge in [-0.25, -0.2) is 18.5 Å². The number of nitrogens with two attached hydrogens (primary N) is 1. The number of nitrogens with one attached hydrogen (secondary N) is 1. The second kappa shape index (κ2) is 8.68. The molecule has 1 aromatic carbocycles. The number of carbonyl (C=O) groups excluding carboxylic acids is 1. The normalized spacial score (nSPS) is 16.3. The van der Waals surface area contributed by atoms with E-state index in [0.717, 1.165) is 11.3 Å². The van der Waals surface area contributed by atoms with Gasteiger partial charge < -0.3 is 5.32 Å². The molecule has 10 heteroatoms. The Morgan fingerprint density at radius 2 is 2.03 bits per heavy atom. The smallest absolute Gasteiger partial charge is 0.257 e. The van der Waals surface area contributed by atoms with E-state index in [1.807, 2.05) is 13.8 Å². The summed E-state index contributed by atoms with van der Waals surface area (Å²) in [6.45, 7) is 4.52. The van der Waals surface area contributed by atoms with Crippen LogP contribution in [0.25, 0.3) is 0 Å². The highest BCUT2D eigenvalue weighted by Gasteiger charge is 2.27. The van der Waals surface area contributed by atoms with Crippen LogP contribution in [0.2, 0.25) is 0 Å². The largest absolute Gasteiger partial charge is 0.355 e. The first-order valence-corrected chi connectivity index (χ1v) is 11.9. The zero-order valence-corrected chi connectivity index (χ0v) is 18.0. The van der Waals surface area contributed by atoms with Gasteiger partial charge in [0, 0.05) is 30.1 Å². The summed E-state index contributed by atoms with van der Waals surface area (Å²) in [4.78, 5) is 29.8. The van der Waals surface area contributed by atoms with Gasteiger partial charge in [0.05, 0.1) is 10.8 Å². The van der Waals surface area contributed by atoms with Gasteiger partial charge in [0.15, 0.2) is 5.16 Å². The molecule has 3 N–H and O–H groups in total. The van der Waals surface area contributed by atoms with E-state index in [1.54, 1.807) is 16.7 Å². The molecule has 0 fully saturated rings. The molecule has 1 aliphatic heterocycles. The topological polar surface area (TPSA) is 124 Å². The fourth-order valence-electron chi connectivity index (χ4n) is 3.28. The second-order valence-corrected chi connectivity index (χ2v) is 9.51. The summed E-state index contributed by atoms with van der Waals surface area (Å²) in [7, 11) is -3.71. The van der Waals surface area contributed by atoms with Crippen LogP contribution in [0.15, 0.2) is 39.1 Å². The van der Waals surface area contributed by atoms with Gasteiger partial charge in [-0.15, -0.1) is 0 Å². The zero-order chi connectivity index (χ0) is 21.2. The Labute approximate surface area is 174 Å². The highest BCUT2D eigenvalue weighted by Crippen LogP contribution is 2.26. The number of nitrogens with zero attached hydrogens (tertiary/aromatic N) is 2. The summed E-state index contributed by atoms with van der Waals surface area (Å²) in [5, 5.41) is 8.66. The number of amides is 1. The van der Waals surface area contributed by atoms with E-state index in [2.05, 4.69) is 10.3 Å². The number of rotatable bonds is 6. The quantitative estimate of drug-likeness (QED) is 0.647. The van der Waals surface area contributed by atoms with Crippen molar-refractivity contribution >= 4 is 27.7 Å². The van der Waals surface area contributed by atoms with Gasteiger partial charge in [0.1, 0.15) is 0 Å². The molecule has 0 unspecified atom stereocenters. The Morgan fingerprint density at radius 3 is 2.66 bits per heavy atom. The minimum atomic E-state index is -3.71. The van der Waals surface area contributed by atoms with Crippen LogP contribution in [0.5, 0.6) is 0 Å². The fraction of sp³-hybridized carbons (Fsp3) is 0.421. The molecule has 2 aromatic rings. The molecule has 29 heavy (non-hydrogen) atoms. The molecule has 156 valence electrons. The van der Waals surface area contributed by atoms with Crippen molar-refractivity contribution in [3.63, 3.8) is 0 Å². The predicted molar refractivity (Wildman–Crippen MR) is 111 cm³/mol. The Morgan fingerprint density at radius 1 is 1.34 bits per heavy atom. The third kappa shape index (κ3) is 4.88. The van der Waals surface area contributed by atoms with E-state index < -0.39 is 10.0 Å². The second-order valence-electron chi connectivity index (χ2n) is 6.97. The number of primary sulfonamides is 1. The summed E-state index contributed by atoms with van der Waals surface area (Å²) in [5.41, 5.74) is 2.28. The maximum Gasteiger partial charge on any atom is 0.257 e. The van der Waals surface area contributed by atoms with Crippen molar-refractivity contribution in [1.29, 1.82) is 0 Å². The summed E-state index contributed by atoms with van der Waals surface area (Å²) >= 11 is 1.43. The number of aryl methyl sites for hydroxylation is 1. The molecule has 8 nitrogen and oxygen atoms in total. The Bertz CT molecular complexity index is 1080. The molecule has 1 aliphatic rings. The minimum absolute atomic E-state index is 0.0592. The molecule has 0 spiro atoms. The van der Waals surface area contributed by atoms with Crippen LogP contribution >= 0.6 is 11.8 Å². The van der Waals surface area contributed by atoms with Crippen LogP contribution in [0.1, 0.15) is 23.7 Å². The highest BCUT2D eigenvalue weighted by molar-refractivity contribution is 7.99. The minimum Gasteiger partial charge on any atom is -0.355 e. The maximum absolute atomic E-state index is 12.7. The van der Waals surface area contributed by atoms with Crippen molar-refractivity contribution in [1.82, 2.24) is 14.9 Å². The number of thioether (sulfide) groups is 1. The average molecular weight is 437 g/mol. The Balaban J connectivity index is 1.59. The molecule has 1 aromatic heterocycles. The molecule has 0 saturated carbocycles. The van der Waals surface area contributed by atoms with Crippen LogP contribution in [0.4, 0.5) is 0 Å². The number of aromatic nitrogens is 2. The molecular formula is C19H24N4O4S2. The van der Waals surface area contributed by atoms with Crippen LogP contribution in [0, 0.1) is 12.8 Å². The Hall–Kier alpha value is -2.17. The molecule has 1 amide bonds. The van der Waals surface area contributed by atoms with Crippen molar-refractivity contribution in [3.05, 3.63) is 51.4 Å². The number of sulfonamides is 1. The number of benzene rings is 1. The van der Waals surface area contributed by atoms with Crippen LogP contribution < -0.4 is 16.0 Å². The lowest BCUT2D eigenvalue weighted by Crippen LogP contribution is -2.41. The van der Waals surface area contributed by atoms with Crippen molar-refractivity contribution < 1.29 is 13.2 Å². The van der Waals surface area contributed by atoms with E-state index >= 15 is 0 Å². The lowest BCUT2D eigenvalue weighted by atomic mass is 10.1. The molecule has 0 radical (unpaired) electrons. The van der Waals surface area contributed by atoms with Gasteiger partial charge in [-0.2, -0.15) is 0 Å². The molecule has 2 heterocycles. The van der Waals surface area contributed by atoms with E-state index in [1.165, 1.54) is 23.9 Å².